The molecule has 2 fully saturated rings. The molecular formula is C19H33N5O. The molecule has 140 valence electrons. The largest absolute Gasteiger partial charge is 0.335 e. The zero-order valence-corrected chi connectivity index (χ0v) is 15.6. The van der Waals surface area contributed by atoms with Crippen LogP contribution in [0.5, 0.6) is 0 Å². The van der Waals surface area contributed by atoms with Crippen LogP contribution in [0.2, 0.25) is 0 Å². The molecule has 1 aliphatic heterocycles. The third-order valence-corrected chi connectivity index (χ3v) is 5.53. The van der Waals surface area contributed by atoms with Crippen LogP contribution in [0.4, 0.5) is 4.79 Å². The molecule has 6 heteroatoms. The summed E-state index contributed by atoms with van der Waals surface area (Å²) in [7, 11) is 0. The lowest BCUT2D eigenvalue weighted by atomic mass is 9.98. The highest BCUT2D eigenvalue weighted by atomic mass is 16.2. The molecule has 1 atom stereocenters. The predicted molar refractivity (Wildman–Crippen MR) is 98.3 cm³/mol. The molecule has 1 N–H and O–H groups in total. The van der Waals surface area contributed by atoms with Crippen LogP contribution in [0.1, 0.15) is 70.4 Å². The van der Waals surface area contributed by atoms with E-state index in [0.29, 0.717) is 12.0 Å². The average molecular weight is 348 g/mol. The van der Waals surface area contributed by atoms with E-state index < -0.39 is 0 Å². The van der Waals surface area contributed by atoms with Gasteiger partial charge in [-0.1, -0.05) is 44.2 Å². The minimum absolute atomic E-state index is 0.141. The molecule has 0 aromatic carbocycles. The first-order chi connectivity index (χ1) is 12.2. The fourth-order valence-electron chi connectivity index (χ4n) is 4.15. The van der Waals surface area contributed by atoms with Gasteiger partial charge in [0.15, 0.2) is 0 Å². The molecule has 6 nitrogen and oxygen atoms in total. The summed E-state index contributed by atoms with van der Waals surface area (Å²) in [6.07, 6.45) is 13.8. The Bertz CT molecular complexity index is 536. The van der Waals surface area contributed by atoms with Crippen molar-refractivity contribution < 1.29 is 4.79 Å². The molecule has 0 radical (unpaired) electrons. The van der Waals surface area contributed by atoms with E-state index in [4.69, 9.17) is 0 Å². The molecule has 0 spiro atoms. The van der Waals surface area contributed by atoms with Crippen LogP contribution in [0.3, 0.4) is 0 Å². The Labute approximate surface area is 151 Å². The summed E-state index contributed by atoms with van der Waals surface area (Å²) >= 11 is 0. The number of carbonyl (C=O) groups excluding carboxylic acids is 1. The number of nitrogens with zero attached hydrogens (tertiary/aromatic N) is 4. The number of hydrogen-bond acceptors (Lipinski definition) is 3. The maximum Gasteiger partial charge on any atom is 0.317 e. The van der Waals surface area contributed by atoms with Crippen LogP contribution < -0.4 is 5.32 Å². The van der Waals surface area contributed by atoms with Crippen molar-refractivity contribution in [1.82, 2.24) is 25.2 Å². The van der Waals surface area contributed by atoms with Gasteiger partial charge in [0.1, 0.15) is 0 Å². The molecule has 1 saturated carbocycles. The highest BCUT2D eigenvalue weighted by Crippen LogP contribution is 2.20. The van der Waals surface area contributed by atoms with Gasteiger partial charge in [0.05, 0.1) is 5.69 Å². The quantitative estimate of drug-likeness (QED) is 0.831. The lowest BCUT2D eigenvalue weighted by molar-refractivity contribution is 0.153. The molecule has 1 aromatic heterocycles. The Hall–Kier alpha value is -1.59. The SMILES string of the molecule is CCCc1cn(C[C@@H]2CCCN(C(=O)NC3CCCCCC3)C2)nn1. The number of urea groups is 1. The number of aryl methyl sites for hydroxylation is 1. The van der Waals surface area contributed by atoms with Gasteiger partial charge in [-0.05, 0) is 38.0 Å². The minimum atomic E-state index is 0.141. The molecule has 2 heterocycles. The zero-order valence-electron chi connectivity index (χ0n) is 15.6. The highest BCUT2D eigenvalue weighted by Gasteiger charge is 2.26. The second-order valence-electron chi connectivity index (χ2n) is 7.77. The van der Waals surface area contributed by atoms with Crippen molar-refractivity contribution in [3.05, 3.63) is 11.9 Å². The number of nitrogens with one attached hydrogen (secondary N) is 1. The van der Waals surface area contributed by atoms with E-state index in [0.717, 1.165) is 63.9 Å². The molecule has 0 bridgehead atoms. The molecule has 3 rings (SSSR count). The summed E-state index contributed by atoms with van der Waals surface area (Å²) in [5, 5.41) is 11.8. The van der Waals surface area contributed by atoms with E-state index in [2.05, 4.69) is 28.7 Å². The Balaban J connectivity index is 1.48. The van der Waals surface area contributed by atoms with Crippen LogP contribution >= 0.6 is 0 Å². The van der Waals surface area contributed by atoms with Crippen LogP contribution in [0, 0.1) is 5.92 Å². The van der Waals surface area contributed by atoms with Crippen molar-refractivity contribution in [2.75, 3.05) is 13.1 Å². The average Bonchev–Trinajstić information content (AvgIpc) is 2.89. The van der Waals surface area contributed by atoms with Crippen LogP contribution in [-0.2, 0) is 13.0 Å². The van der Waals surface area contributed by atoms with Gasteiger partial charge in [-0.3, -0.25) is 4.68 Å². The Morgan fingerprint density at radius 3 is 2.76 bits per heavy atom. The third-order valence-electron chi connectivity index (χ3n) is 5.53. The zero-order chi connectivity index (χ0) is 17.5. The summed E-state index contributed by atoms with van der Waals surface area (Å²) in [5.41, 5.74) is 1.07. The first kappa shape index (κ1) is 18.2. The van der Waals surface area contributed by atoms with E-state index >= 15 is 0 Å². The second-order valence-corrected chi connectivity index (χ2v) is 7.77. The molecular weight excluding hydrogens is 314 g/mol. The van der Waals surface area contributed by atoms with E-state index in [1.165, 1.54) is 25.7 Å². The summed E-state index contributed by atoms with van der Waals surface area (Å²) < 4.78 is 1.96. The normalized spacial score (nSPS) is 22.6. The van der Waals surface area contributed by atoms with Crippen molar-refractivity contribution >= 4 is 6.03 Å². The van der Waals surface area contributed by atoms with Gasteiger partial charge in [0, 0.05) is 31.9 Å². The summed E-state index contributed by atoms with van der Waals surface area (Å²) in [6.45, 7) is 4.74. The fourth-order valence-corrected chi connectivity index (χ4v) is 4.15. The topological polar surface area (TPSA) is 63.1 Å². The van der Waals surface area contributed by atoms with Gasteiger partial charge in [0.25, 0.3) is 0 Å². The van der Waals surface area contributed by atoms with Gasteiger partial charge in [-0.2, -0.15) is 0 Å². The number of aromatic nitrogens is 3. The molecule has 1 saturated heterocycles. The number of rotatable bonds is 5. The molecule has 2 amide bonds. The maximum absolute atomic E-state index is 12.6. The van der Waals surface area contributed by atoms with E-state index in [-0.39, 0.29) is 6.03 Å². The maximum atomic E-state index is 12.6. The lowest BCUT2D eigenvalue weighted by Gasteiger charge is -2.33. The molecule has 2 aliphatic rings. The Morgan fingerprint density at radius 1 is 1.20 bits per heavy atom. The monoisotopic (exact) mass is 347 g/mol. The number of likely N-dealkylation sites (tertiary alicyclic amines) is 1. The Morgan fingerprint density at radius 2 is 2.00 bits per heavy atom. The first-order valence-corrected chi connectivity index (χ1v) is 10.2. The lowest BCUT2D eigenvalue weighted by Crippen LogP contribution is -2.49. The fraction of sp³-hybridized carbons (Fsp3) is 0.842. The van der Waals surface area contributed by atoms with Crippen LogP contribution in [0.15, 0.2) is 6.20 Å². The summed E-state index contributed by atoms with van der Waals surface area (Å²) in [5.74, 6) is 0.477. The van der Waals surface area contributed by atoms with Crippen molar-refractivity contribution in [2.24, 2.45) is 5.92 Å². The molecule has 1 aliphatic carbocycles. The summed E-state index contributed by atoms with van der Waals surface area (Å²) in [6, 6.07) is 0.518. The summed E-state index contributed by atoms with van der Waals surface area (Å²) in [4.78, 5) is 14.7. The number of carbonyl (C=O) groups is 1. The van der Waals surface area contributed by atoms with Gasteiger partial charge < -0.3 is 10.2 Å². The first-order valence-electron chi connectivity index (χ1n) is 10.2. The molecule has 1 aromatic rings. The standard InChI is InChI=1S/C19H33N5O/c1-2-8-18-15-24(22-21-18)14-16-9-7-12-23(13-16)19(25)20-17-10-5-3-4-6-11-17/h15-17H,2-14H2,1H3,(H,20,25)/t16-/m1/s1. The van der Waals surface area contributed by atoms with Gasteiger partial charge in [-0.15, -0.1) is 5.10 Å². The van der Waals surface area contributed by atoms with Gasteiger partial charge >= 0.3 is 6.03 Å². The van der Waals surface area contributed by atoms with Crippen molar-refractivity contribution in [2.45, 2.75) is 83.7 Å². The minimum Gasteiger partial charge on any atom is -0.335 e. The van der Waals surface area contributed by atoms with E-state index in [1.807, 2.05) is 9.58 Å². The van der Waals surface area contributed by atoms with E-state index in [9.17, 15) is 4.79 Å². The number of amides is 2. The van der Waals surface area contributed by atoms with Crippen LogP contribution in [-0.4, -0.2) is 45.1 Å². The number of piperidine rings is 1. The van der Waals surface area contributed by atoms with Crippen molar-refractivity contribution in [1.29, 1.82) is 0 Å². The van der Waals surface area contributed by atoms with E-state index in [1.54, 1.807) is 0 Å². The van der Waals surface area contributed by atoms with Crippen molar-refractivity contribution in [3.8, 4) is 0 Å². The Kier molecular flexibility index (Phi) is 6.70. The van der Waals surface area contributed by atoms with Crippen LogP contribution in [0.25, 0.3) is 0 Å². The smallest absolute Gasteiger partial charge is 0.317 e. The molecule has 0 unspecified atom stereocenters. The number of hydrogen-bond donors (Lipinski definition) is 1. The highest BCUT2D eigenvalue weighted by molar-refractivity contribution is 5.74. The molecule has 25 heavy (non-hydrogen) atoms. The van der Waals surface area contributed by atoms with Crippen molar-refractivity contribution in [3.63, 3.8) is 0 Å². The second kappa shape index (κ2) is 9.20. The predicted octanol–water partition coefficient (Wildman–Crippen LogP) is 3.38. The third kappa shape index (κ3) is 5.44. The van der Waals surface area contributed by atoms with Gasteiger partial charge in [0.2, 0.25) is 0 Å². The van der Waals surface area contributed by atoms with Gasteiger partial charge in [-0.25, -0.2) is 4.79 Å².